The third-order valence-corrected chi connectivity index (χ3v) is 5.38. The van der Waals surface area contributed by atoms with E-state index >= 15 is 0 Å². The third-order valence-electron chi connectivity index (χ3n) is 5.38. The number of pyridine rings is 1. The SMILES string of the molecule is COc1ccc(C(=O)N2CCCN2C(=O)Cn2nnc(N3CCCCC3)n2)c(OC)n1. The molecular formula is C19H26N8O4. The van der Waals surface area contributed by atoms with Gasteiger partial charge in [0, 0.05) is 32.2 Å². The summed E-state index contributed by atoms with van der Waals surface area (Å²) in [5.41, 5.74) is 0.259. The van der Waals surface area contributed by atoms with Crippen molar-refractivity contribution in [2.75, 3.05) is 45.3 Å². The molecule has 0 aliphatic carbocycles. The summed E-state index contributed by atoms with van der Waals surface area (Å²) in [6, 6.07) is 3.16. The fourth-order valence-corrected chi connectivity index (χ4v) is 3.80. The van der Waals surface area contributed by atoms with E-state index in [1.807, 2.05) is 0 Å². The first kappa shape index (κ1) is 20.8. The van der Waals surface area contributed by atoms with Crippen LogP contribution in [0.15, 0.2) is 12.1 Å². The van der Waals surface area contributed by atoms with Crippen LogP contribution in [-0.2, 0) is 11.3 Å². The molecule has 2 fully saturated rings. The van der Waals surface area contributed by atoms with Gasteiger partial charge in [0.25, 0.3) is 17.8 Å². The number of tetrazole rings is 1. The average molecular weight is 430 g/mol. The minimum Gasteiger partial charge on any atom is -0.481 e. The predicted molar refractivity (Wildman–Crippen MR) is 109 cm³/mol. The largest absolute Gasteiger partial charge is 0.481 e. The van der Waals surface area contributed by atoms with Crippen molar-refractivity contribution in [1.29, 1.82) is 0 Å². The molecule has 2 aliphatic heterocycles. The Morgan fingerprint density at radius 3 is 2.48 bits per heavy atom. The Labute approximate surface area is 179 Å². The van der Waals surface area contributed by atoms with E-state index in [4.69, 9.17) is 9.47 Å². The monoisotopic (exact) mass is 430 g/mol. The second-order valence-corrected chi connectivity index (χ2v) is 7.38. The number of nitrogens with zero attached hydrogens (tertiary/aromatic N) is 8. The van der Waals surface area contributed by atoms with Gasteiger partial charge in [-0.3, -0.25) is 9.59 Å². The number of carbonyl (C=O) groups is 2. The number of ether oxygens (including phenoxy) is 2. The van der Waals surface area contributed by atoms with E-state index in [1.165, 1.54) is 35.5 Å². The molecule has 0 saturated carbocycles. The number of rotatable bonds is 6. The highest BCUT2D eigenvalue weighted by Crippen LogP contribution is 2.24. The Hall–Kier alpha value is -3.44. The molecule has 0 unspecified atom stereocenters. The summed E-state index contributed by atoms with van der Waals surface area (Å²) in [5.74, 6) is 0.375. The van der Waals surface area contributed by atoms with Gasteiger partial charge in [0.15, 0.2) is 0 Å². The number of amides is 2. The number of hydrogen-bond acceptors (Lipinski definition) is 9. The van der Waals surface area contributed by atoms with Crippen LogP contribution in [0.5, 0.6) is 11.8 Å². The second-order valence-electron chi connectivity index (χ2n) is 7.38. The number of piperidine rings is 1. The number of anilines is 1. The molecule has 0 radical (unpaired) electrons. The van der Waals surface area contributed by atoms with Gasteiger partial charge in [-0.15, -0.1) is 5.10 Å². The van der Waals surface area contributed by atoms with Gasteiger partial charge in [-0.05, 0) is 37.0 Å². The zero-order valence-corrected chi connectivity index (χ0v) is 17.7. The maximum Gasteiger partial charge on any atom is 0.277 e. The van der Waals surface area contributed by atoms with Gasteiger partial charge >= 0.3 is 0 Å². The Morgan fingerprint density at radius 2 is 1.74 bits per heavy atom. The summed E-state index contributed by atoms with van der Waals surface area (Å²) in [6.45, 7) is 2.55. The summed E-state index contributed by atoms with van der Waals surface area (Å²) < 4.78 is 10.3. The number of hydrogen-bond donors (Lipinski definition) is 0. The third kappa shape index (κ3) is 4.37. The maximum absolute atomic E-state index is 13.1. The van der Waals surface area contributed by atoms with Crippen LogP contribution in [0.2, 0.25) is 0 Å². The molecular weight excluding hydrogens is 404 g/mol. The van der Waals surface area contributed by atoms with Gasteiger partial charge < -0.3 is 14.4 Å². The van der Waals surface area contributed by atoms with Gasteiger partial charge in [0.1, 0.15) is 12.1 Å². The molecule has 0 bridgehead atoms. The quantitative estimate of drug-likeness (QED) is 0.640. The number of methoxy groups -OCH3 is 2. The number of aromatic nitrogens is 5. The highest BCUT2D eigenvalue weighted by atomic mass is 16.5. The van der Waals surface area contributed by atoms with Crippen molar-refractivity contribution in [3.63, 3.8) is 0 Å². The van der Waals surface area contributed by atoms with Gasteiger partial charge in [-0.1, -0.05) is 5.10 Å². The molecule has 166 valence electrons. The summed E-state index contributed by atoms with van der Waals surface area (Å²) in [6.07, 6.45) is 4.08. The summed E-state index contributed by atoms with van der Waals surface area (Å²) >= 11 is 0. The Balaban J connectivity index is 1.45. The smallest absolute Gasteiger partial charge is 0.277 e. The number of hydrazine groups is 1. The zero-order valence-electron chi connectivity index (χ0n) is 17.7. The summed E-state index contributed by atoms with van der Waals surface area (Å²) in [7, 11) is 2.92. The van der Waals surface area contributed by atoms with Crippen molar-refractivity contribution in [1.82, 2.24) is 35.2 Å². The van der Waals surface area contributed by atoms with Crippen LogP contribution >= 0.6 is 0 Å². The van der Waals surface area contributed by atoms with E-state index in [1.54, 1.807) is 12.1 Å². The zero-order chi connectivity index (χ0) is 21.8. The van der Waals surface area contributed by atoms with E-state index in [9.17, 15) is 9.59 Å². The van der Waals surface area contributed by atoms with Crippen LogP contribution in [-0.4, -0.2) is 87.4 Å². The standard InChI is InChI=1S/C19H26N8O4/c1-30-15-8-7-14(17(20-15)31-2)18(29)26-12-6-11-25(26)16(28)13-27-22-19(21-23-27)24-9-4-3-5-10-24/h7-8H,3-6,9-13H2,1-2H3. The maximum atomic E-state index is 13.1. The molecule has 0 aromatic carbocycles. The summed E-state index contributed by atoms with van der Waals surface area (Å²) in [5, 5.41) is 15.3. The van der Waals surface area contributed by atoms with Crippen molar-refractivity contribution < 1.29 is 19.1 Å². The minimum atomic E-state index is -0.363. The van der Waals surface area contributed by atoms with Crippen LogP contribution in [0, 0.1) is 0 Å². The molecule has 4 rings (SSSR count). The lowest BCUT2D eigenvalue weighted by molar-refractivity contribution is -0.141. The Kier molecular flexibility index (Phi) is 6.14. The van der Waals surface area contributed by atoms with E-state index in [0.29, 0.717) is 31.3 Å². The van der Waals surface area contributed by atoms with E-state index in [-0.39, 0.29) is 29.8 Å². The van der Waals surface area contributed by atoms with Gasteiger partial charge in [0.2, 0.25) is 11.8 Å². The molecule has 2 saturated heterocycles. The van der Waals surface area contributed by atoms with E-state index < -0.39 is 0 Å². The predicted octanol–water partition coefficient (Wildman–Crippen LogP) is 0.365. The van der Waals surface area contributed by atoms with E-state index in [0.717, 1.165) is 25.9 Å². The molecule has 2 aliphatic rings. The molecule has 4 heterocycles. The Bertz CT molecular complexity index is 943. The normalized spacial score (nSPS) is 16.5. The molecule has 2 aromatic heterocycles. The van der Waals surface area contributed by atoms with Crippen molar-refractivity contribution in [3.8, 4) is 11.8 Å². The minimum absolute atomic E-state index is 0.0946. The van der Waals surface area contributed by atoms with Crippen LogP contribution in [0.1, 0.15) is 36.0 Å². The van der Waals surface area contributed by atoms with E-state index in [2.05, 4.69) is 25.3 Å². The van der Waals surface area contributed by atoms with Crippen LogP contribution < -0.4 is 14.4 Å². The van der Waals surface area contributed by atoms with Crippen molar-refractivity contribution in [3.05, 3.63) is 17.7 Å². The molecule has 12 heteroatoms. The molecule has 0 atom stereocenters. The molecule has 2 aromatic rings. The van der Waals surface area contributed by atoms with Gasteiger partial charge in [0.05, 0.1) is 14.2 Å². The van der Waals surface area contributed by atoms with Gasteiger partial charge in [-0.25, -0.2) is 10.0 Å². The molecule has 0 N–H and O–H groups in total. The molecule has 31 heavy (non-hydrogen) atoms. The first-order chi connectivity index (χ1) is 15.1. The molecule has 2 amide bonds. The lowest BCUT2D eigenvalue weighted by atomic mass is 10.1. The topological polar surface area (TPSA) is 119 Å². The first-order valence-electron chi connectivity index (χ1n) is 10.3. The van der Waals surface area contributed by atoms with Gasteiger partial charge in [-0.2, -0.15) is 9.78 Å². The van der Waals surface area contributed by atoms with Crippen molar-refractivity contribution in [2.45, 2.75) is 32.2 Å². The molecule has 12 nitrogen and oxygen atoms in total. The Morgan fingerprint density at radius 1 is 0.968 bits per heavy atom. The summed E-state index contributed by atoms with van der Waals surface area (Å²) in [4.78, 5) is 33.6. The second kappa shape index (κ2) is 9.14. The number of carbonyl (C=O) groups excluding carboxylic acids is 2. The molecule has 0 spiro atoms. The highest BCUT2D eigenvalue weighted by molar-refractivity contribution is 5.97. The van der Waals surface area contributed by atoms with Crippen molar-refractivity contribution in [2.24, 2.45) is 0 Å². The first-order valence-corrected chi connectivity index (χ1v) is 10.3. The van der Waals surface area contributed by atoms with Crippen LogP contribution in [0.4, 0.5) is 5.95 Å². The lowest BCUT2D eigenvalue weighted by Gasteiger charge is -2.28. The van der Waals surface area contributed by atoms with Crippen LogP contribution in [0.25, 0.3) is 0 Å². The van der Waals surface area contributed by atoms with Crippen LogP contribution in [0.3, 0.4) is 0 Å². The fourth-order valence-electron chi connectivity index (χ4n) is 3.80. The average Bonchev–Trinajstić information content (AvgIpc) is 3.48. The lowest BCUT2D eigenvalue weighted by Crippen LogP contribution is -2.46. The fraction of sp³-hybridized carbons (Fsp3) is 0.579. The van der Waals surface area contributed by atoms with Crippen molar-refractivity contribution >= 4 is 17.8 Å². The highest BCUT2D eigenvalue weighted by Gasteiger charge is 2.33.